The number of nitrogens with two attached hydrogens (primary N) is 1. The summed E-state index contributed by atoms with van der Waals surface area (Å²) < 4.78 is 72.6. The molecule has 2 heterocycles. The van der Waals surface area contributed by atoms with Gasteiger partial charge in [-0.25, -0.2) is 36.9 Å². The minimum atomic E-state index is -4.48. The third-order valence-electron chi connectivity index (χ3n) is 7.89. The highest BCUT2D eigenvalue weighted by Crippen LogP contribution is 2.36. The lowest BCUT2D eigenvalue weighted by atomic mass is 10.0. The van der Waals surface area contributed by atoms with Crippen LogP contribution in [0.25, 0.3) is 22.0 Å². The third kappa shape index (κ3) is 9.45. The van der Waals surface area contributed by atoms with Crippen molar-refractivity contribution >= 4 is 44.3 Å². The van der Waals surface area contributed by atoms with Crippen molar-refractivity contribution in [1.29, 1.82) is 0 Å². The van der Waals surface area contributed by atoms with Crippen LogP contribution in [0.2, 0.25) is 0 Å². The largest absolute Gasteiger partial charge is 0.491 e. The topological polar surface area (TPSA) is 185 Å². The van der Waals surface area contributed by atoms with E-state index in [2.05, 4.69) is 25.0 Å². The van der Waals surface area contributed by atoms with Gasteiger partial charge in [0.25, 0.3) is 10.0 Å². The van der Waals surface area contributed by atoms with E-state index in [9.17, 15) is 26.8 Å². The summed E-state index contributed by atoms with van der Waals surface area (Å²) in [5.74, 6) is -1.76. The number of carbonyl (C=O) groups is 2. The number of sulfonamides is 1. The number of primary amides is 1. The van der Waals surface area contributed by atoms with Crippen molar-refractivity contribution in [3.63, 3.8) is 0 Å². The highest BCUT2D eigenvalue weighted by molar-refractivity contribution is 7.92. The van der Waals surface area contributed by atoms with Crippen LogP contribution in [0, 0.1) is 18.6 Å². The fourth-order valence-corrected chi connectivity index (χ4v) is 6.46. The Morgan fingerprint density at radius 3 is 2.40 bits per heavy atom. The third-order valence-corrected chi connectivity index (χ3v) is 9.28. The molecule has 0 aliphatic carbocycles. The lowest BCUT2D eigenvalue weighted by molar-refractivity contribution is -0.116. The van der Waals surface area contributed by atoms with Gasteiger partial charge in [-0.1, -0.05) is 31.4 Å². The molecule has 0 fully saturated rings. The van der Waals surface area contributed by atoms with Gasteiger partial charge < -0.3 is 25.3 Å². The summed E-state index contributed by atoms with van der Waals surface area (Å²) in [6.07, 6.45) is 6.21. The number of benzene rings is 3. The number of para-hydroxylation sites is 2. The molecule has 0 aliphatic rings. The molecular formula is C36H36F2N6O7S. The molecule has 272 valence electrons. The maximum absolute atomic E-state index is 14.4. The molecule has 0 bridgehead atoms. The van der Waals surface area contributed by atoms with Gasteiger partial charge in [0.15, 0.2) is 5.75 Å². The highest BCUT2D eigenvalue weighted by atomic mass is 32.2. The number of amides is 2. The summed E-state index contributed by atoms with van der Waals surface area (Å²) in [4.78, 5) is 35.8. The van der Waals surface area contributed by atoms with Crippen molar-refractivity contribution in [2.75, 3.05) is 23.8 Å². The van der Waals surface area contributed by atoms with Crippen molar-refractivity contribution in [2.45, 2.75) is 50.3 Å². The van der Waals surface area contributed by atoms with E-state index in [1.54, 1.807) is 24.3 Å². The van der Waals surface area contributed by atoms with Crippen molar-refractivity contribution in [2.24, 2.45) is 5.73 Å². The smallest absolute Gasteiger partial charge is 0.410 e. The molecule has 0 aliphatic heterocycles. The van der Waals surface area contributed by atoms with E-state index in [1.165, 1.54) is 31.8 Å². The van der Waals surface area contributed by atoms with Gasteiger partial charge in [0.2, 0.25) is 11.8 Å². The SMILES string of the molecule is COc1ncc(-c2cc(OCCCCCCCC(=O)Nc3ccccc3OC(N)=O)c3ncnc(C)c3c2)cc1NS(=O)(=O)c1ccc(F)cc1F. The van der Waals surface area contributed by atoms with Crippen LogP contribution in [0.1, 0.15) is 44.2 Å². The van der Waals surface area contributed by atoms with Crippen LogP contribution in [0.15, 0.2) is 78.1 Å². The Hall–Kier alpha value is -5.90. The summed E-state index contributed by atoms with van der Waals surface area (Å²) in [7, 11) is -3.17. The molecule has 2 amide bonds. The molecule has 0 atom stereocenters. The van der Waals surface area contributed by atoms with Crippen LogP contribution in [0.3, 0.4) is 0 Å². The van der Waals surface area contributed by atoms with Crippen molar-refractivity contribution < 1.29 is 41.0 Å². The normalized spacial score (nSPS) is 11.2. The van der Waals surface area contributed by atoms with E-state index in [-0.39, 0.29) is 23.2 Å². The Balaban J connectivity index is 1.21. The summed E-state index contributed by atoms with van der Waals surface area (Å²) in [6, 6.07) is 13.8. The molecule has 52 heavy (non-hydrogen) atoms. The molecule has 2 aromatic heterocycles. The molecule has 0 radical (unpaired) electrons. The first kappa shape index (κ1) is 37.4. The number of halogens is 2. The van der Waals surface area contributed by atoms with E-state index in [1.807, 2.05) is 13.0 Å². The molecule has 3 aromatic carbocycles. The second-order valence-corrected chi connectivity index (χ2v) is 13.3. The zero-order valence-electron chi connectivity index (χ0n) is 28.3. The Morgan fingerprint density at radius 2 is 1.63 bits per heavy atom. The van der Waals surface area contributed by atoms with Crippen LogP contribution in [-0.2, 0) is 14.8 Å². The minimum Gasteiger partial charge on any atom is -0.491 e. The lowest BCUT2D eigenvalue weighted by Crippen LogP contribution is -2.18. The van der Waals surface area contributed by atoms with E-state index >= 15 is 0 Å². The molecule has 5 rings (SSSR count). The standard InChI is InChI=1S/C36H36F2N6O7S/c1-22-26-16-23(24-17-29(35(49-2)40-20-24)44-52(47,48)32-14-13-25(37)19-27(32)38)18-31(34(26)42-21-41-22)50-15-9-5-3-4-6-12-33(45)43-28-10-7-8-11-30(28)51-36(39)46/h7-8,10-11,13-14,16-21,44H,3-6,9,12,15H2,1-2H3,(H2,39,46)(H,43,45). The number of hydrogen-bond acceptors (Lipinski definition) is 10. The first-order chi connectivity index (χ1) is 24.9. The molecular weight excluding hydrogens is 698 g/mol. The van der Waals surface area contributed by atoms with Crippen LogP contribution >= 0.6 is 0 Å². The van der Waals surface area contributed by atoms with Gasteiger partial charge in [-0.15, -0.1) is 0 Å². The molecule has 0 saturated carbocycles. The zero-order chi connectivity index (χ0) is 37.3. The lowest BCUT2D eigenvalue weighted by Gasteiger charge is -2.15. The maximum atomic E-state index is 14.4. The maximum Gasteiger partial charge on any atom is 0.410 e. The first-order valence-corrected chi connectivity index (χ1v) is 17.7. The molecule has 0 spiro atoms. The van der Waals surface area contributed by atoms with E-state index < -0.39 is 32.6 Å². The number of fused-ring (bicyclic) bond motifs is 1. The van der Waals surface area contributed by atoms with Crippen LogP contribution in [0.5, 0.6) is 17.4 Å². The Morgan fingerprint density at radius 1 is 0.865 bits per heavy atom. The fraction of sp³-hybridized carbons (Fsp3) is 0.250. The van der Waals surface area contributed by atoms with Gasteiger partial charge >= 0.3 is 6.09 Å². The van der Waals surface area contributed by atoms with E-state index in [0.29, 0.717) is 64.7 Å². The number of aromatic nitrogens is 3. The minimum absolute atomic E-state index is 0.0626. The number of ether oxygens (including phenoxy) is 3. The number of carbonyl (C=O) groups excluding carboxylic acids is 2. The Labute approximate surface area is 298 Å². The fourth-order valence-electron chi connectivity index (χ4n) is 5.36. The van der Waals surface area contributed by atoms with Gasteiger partial charge in [-0.2, -0.15) is 0 Å². The second-order valence-electron chi connectivity index (χ2n) is 11.6. The van der Waals surface area contributed by atoms with Gasteiger partial charge in [0, 0.05) is 35.3 Å². The van der Waals surface area contributed by atoms with Crippen LogP contribution < -0.4 is 30.0 Å². The molecule has 0 unspecified atom stereocenters. The number of unbranched alkanes of at least 4 members (excludes halogenated alkanes) is 4. The number of nitrogens with zero attached hydrogens (tertiary/aromatic N) is 3. The quantitative estimate of drug-likeness (QED) is 0.0901. The number of nitrogens with one attached hydrogen (secondary N) is 2. The molecule has 4 N–H and O–H groups in total. The first-order valence-electron chi connectivity index (χ1n) is 16.2. The van der Waals surface area contributed by atoms with Crippen molar-refractivity contribution in [1.82, 2.24) is 15.0 Å². The molecule has 16 heteroatoms. The molecule has 0 saturated heterocycles. The number of pyridine rings is 1. The summed E-state index contributed by atoms with van der Waals surface area (Å²) in [5, 5.41) is 3.45. The molecule has 13 nitrogen and oxygen atoms in total. The Bertz CT molecular complexity index is 2200. The summed E-state index contributed by atoms with van der Waals surface area (Å²) in [6.45, 7) is 2.21. The van der Waals surface area contributed by atoms with Crippen molar-refractivity contribution in [3.05, 3.63) is 90.5 Å². The van der Waals surface area contributed by atoms with E-state index in [0.717, 1.165) is 37.8 Å². The molecule has 5 aromatic rings. The number of methoxy groups -OCH3 is 1. The average molecular weight is 735 g/mol. The monoisotopic (exact) mass is 734 g/mol. The summed E-state index contributed by atoms with van der Waals surface area (Å²) >= 11 is 0. The number of rotatable bonds is 16. The predicted octanol–water partition coefficient (Wildman–Crippen LogP) is 6.90. The van der Waals surface area contributed by atoms with Gasteiger partial charge in [-0.05, 0) is 67.8 Å². The number of hydrogen-bond donors (Lipinski definition) is 3. The van der Waals surface area contributed by atoms with Crippen LogP contribution in [0.4, 0.5) is 25.0 Å². The highest BCUT2D eigenvalue weighted by Gasteiger charge is 2.23. The van der Waals surface area contributed by atoms with E-state index in [4.69, 9.17) is 19.9 Å². The zero-order valence-corrected chi connectivity index (χ0v) is 29.1. The average Bonchev–Trinajstić information content (AvgIpc) is 3.10. The number of anilines is 2. The summed E-state index contributed by atoms with van der Waals surface area (Å²) in [5.41, 5.74) is 7.79. The number of aryl methyl sites for hydroxylation is 1. The van der Waals surface area contributed by atoms with Crippen molar-refractivity contribution in [3.8, 4) is 28.5 Å². The van der Waals surface area contributed by atoms with Gasteiger partial charge in [0.05, 0.1) is 19.4 Å². The van der Waals surface area contributed by atoms with Gasteiger partial charge in [-0.3, -0.25) is 9.52 Å². The van der Waals surface area contributed by atoms with Crippen LogP contribution in [-0.4, -0.2) is 49.1 Å². The second kappa shape index (κ2) is 16.9. The van der Waals surface area contributed by atoms with Gasteiger partial charge in [0.1, 0.15) is 39.8 Å². The predicted molar refractivity (Wildman–Crippen MR) is 190 cm³/mol. The Kier molecular flexibility index (Phi) is 12.1.